The highest BCUT2D eigenvalue weighted by Gasteiger charge is 2.13. The van der Waals surface area contributed by atoms with E-state index in [2.05, 4.69) is 20.4 Å². The second-order valence-corrected chi connectivity index (χ2v) is 5.03. The van der Waals surface area contributed by atoms with E-state index in [0.717, 1.165) is 11.4 Å². The summed E-state index contributed by atoms with van der Waals surface area (Å²) in [6.07, 6.45) is 5.05. The molecule has 22 heavy (non-hydrogen) atoms. The number of carbonyl (C=O) groups excluding carboxylic acids is 1. The minimum absolute atomic E-state index is 0.219. The van der Waals surface area contributed by atoms with Gasteiger partial charge in [-0.1, -0.05) is 0 Å². The predicted octanol–water partition coefficient (Wildman–Crippen LogP) is 1.12. The molecule has 0 aromatic carbocycles. The summed E-state index contributed by atoms with van der Waals surface area (Å²) in [6, 6.07) is 7.22. The molecule has 112 valence electrons. The molecule has 0 aliphatic carbocycles. The smallest absolute Gasteiger partial charge is 0.270 e. The Morgan fingerprint density at radius 1 is 1.23 bits per heavy atom. The SMILES string of the molecule is CN(C)c1cc(C(=O)NCc2ccncc2)nc2ccnn12. The zero-order chi connectivity index (χ0) is 15.5. The van der Waals surface area contributed by atoms with Gasteiger partial charge in [0.1, 0.15) is 11.5 Å². The van der Waals surface area contributed by atoms with Crippen molar-refractivity contribution in [2.45, 2.75) is 6.54 Å². The first-order valence-corrected chi connectivity index (χ1v) is 6.84. The van der Waals surface area contributed by atoms with Crippen LogP contribution in [0.15, 0.2) is 42.9 Å². The lowest BCUT2D eigenvalue weighted by Gasteiger charge is -2.15. The van der Waals surface area contributed by atoms with Crippen LogP contribution in [-0.4, -0.2) is 39.6 Å². The topological polar surface area (TPSA) is 75.4 Å². The molecule has 3 aromatic heterocycles. The van der Waals surface area contributed by atoms with E-state index in [1.807, 2.05) is 31.1 Å². The second-order valence-electron chi connectivity index (χ2n) is 5.03. The number of anilines is 1. The number of pyridine rings is 1. The highest BCUT2D eigenvalue weighted by molar-refractivity contribution is 5.93. The fourth-order valence-electron chi connectivity index (χ4n) is 2.11. The summed E-state index contributed by atoms with van der Waals surface area (Å²) < 4.78 is 1.69. The minimum Gasteiger partial charge on any atom is -0.363 e. The Balaban J connectivity index is 1.84. The normalized spacial score (nSPS) is 10.6. The van der Waals surface area contributed by atoms with E-state index in [1.165, 1.54) is 0 Å². The van der Waals surface area contributed by atoms with Crippen molar-refractivity contribution in [1.82, 2.24) is 24.9 Å². The molecule has 1 N–H and O–H groups in total. The molecular formula is C15H16N6O. The largest absolute Gasteiger partial charge is 0.363 e. The number of hydrogen-bond acceptors (Lipinski definition) is 5. The van der Waals surface area contributed by atoms with Crippen molar-refractivity contribution in [3.05, 3.63) is 54.1 Å². The number of carbonyl (C=O) groups is 1. The van der Waals surface area contributed by atoms with Crippen LogP contribution < -0.4 is 10.2 Å². The van der Waals surface area contributed by atoms with Gasteiger partial charge >= 0.3 is 0 Å². The number of nitrogens with one attached hydrogen (secondary N) is 1. The number of rotatable bonds is 4. The van der Waals surface area contributed by atoms with Crippen LogP contribution in [0.3, 0.4) is 0 Å². The van der Waals surface area contributed by atoms with E-state index in [1.54, 1.807) is 35.2 Å². The first-order valence-electron chi connectivity index (χ1n) is 6.84. The average Bonchev–Trinajstić information content (AvgIpc) is 3.00. The van der Waals surface area contributed by atoms with Gasteiger partial charge in [0.25, 0.3) is 5.91 Å². The van der Waals surface area contributed by atoms with E-state index in [0.29, 0.717) is 17.9 Å². The molecule has 0 saturated heterocycles. The lowest BCUT2D eigenvalue weighted by atomic mass is 10.2. The van der Waals surface area contributed by atoms with Gasteiger partial charge < -0.3 is 10.2 Å². The van der Waals surface area contributed by atoms with Crippen molar-refractivity contribution in [1.29, 1.82) is 0 Å². The minimum atomic E-state index is -0.219. The van der Waals surface area contributed by atoms with Crippen molar-refractivity contribution in [3.8, 4) is 0 Å². The van der Waals surface area contributed by atoms with Crippen molar-refractivity contribution in [2.24, 2.45) is 0 Å². The Bertz CT molecular complexity index is 796. The van der Waals surface area contributed by atoms with Crippen LogP contribution in [-0.2, 0) is 6.54 Å². The Hall–Kier alpha value is -2.96. The molecule has 7 heteroatoms. The number of fused-ring (bicyclic) bond motifs is 1. The van der Waals surface area contributed by atoms with Gasteiger partial charge in [-0.25, -0.2) is 4.98 Å². The summed E-state index contributed by atoms with van der Waals surface area (Å²) in [7, 11) is 3.80. The lowest BCUT2D eigenvalue weighted by molar-refractivity contribution is 0.0946. The van der Waals surface area contributed by atoms with Crippen molar-refractivity contribution < 1.29 is 4.79 Å². The highest BCUT2D eigenvalue weighted by Crippen LogP contribution is 2.14. The van der Waals surface area contributed by atoms with Crippen LogP contribution in [0.5, 0.6) is 0 Å². The van der Waals surface area contributed by atoms with Gasteiger partial charge in [-0.2, -0.15) is 9.61 Å². The van der Waals surface area contributed by atoms with Crippen LogP contribution in [0.1, 0.15) is 16.1 Å². The number of aromatic nitrogens is 4. The van der Waals surface area contributed by atoms with E-state index in [9.17, 15) is 4.79 Å². The van der Waals surface area contributed by atoms with Gasteiger partial charge in [-0.3, -0.25) is 9.78 Å². The molecule has 0 fully saturated rings. The van der Waals surface area contributed by atoms with E-state index >= 15 is 0 Å². The molecule has 0 saturated carbocycles. The molecule has 1 amide bonds. The Labute approximate surface area is 127 Å². The number of nitrogens with zero attached hydrogens (tertiary/aromatic N) is 5. The first kappa shape index (κ1) is 14.0. The molecule has 0 radical (unpaired) electrons. The molecule has 0 atom stereocenters. The maximum atomic E-state index is 12.3. The molecule has 7 nitrogen and oxygen atoms in total. The maximum absolute atomic E-state index is 12.3. The Morgan fingerprint density at radius 3 is 2.73 bits per heavy atom. The van der Waals surface area contributed by atoms with E-state index in [4.69, 9.17) is 0 Å². The molecule has 3 aromatic rings. The third-order valence-electron chi connectivity index (χ3n) is 3.23. The fourth-order valence-corrected chi connectivity index (χ4v) is 2.11. The van der Waals surface area contributed by atoms with E-state index in [-0.39, 0.29) is 5.91 Å². The fraction of sp³-hybridized carbons (Fsp3) is 0.200. The van der Waals surface area contributed by atoms with Gasteiger partial charge in [-0.15, -0.1) is 0 Å². The molecule has 0 bridgehead atoms. The zero-order valence-electron chi connectivity index (χ0n) is 12.4. The van der Waals surface area contributed by atoms with Gasteiger partial charge in [0.05, 0.1) is 6.20 Å². The van der Waals surface area contributed by atoms with Crippen LogP contribution in [0.4, 0.5) is 5.82 Å². The Morgan fingerprint density at radius 2 is 2.00 bits per heavy atom. The molecular weight excluding hydrogens is 280 g/mol. The quantitative estimate of drug-likeness (QED) is 0.781. The van der Waals surface area contributed by atoms with Crippen LogP contribution >= 0.6 is 0 Å². The number of amides is 1. The third-order valence-corrected chi connectivity index (χ3v) is 3.23. The monoisotopic (exact) mass is 296 g/mol. The lowest BCUT2D eigenvalue weighted by Crippen LogP contribution is -2.25. The Kier molecular flexibility index (Phi) is 3.69. The third kappa shape index (κ3) is 2.73. The van der Waals surface area contributed by atoms with Crippen LogP contribution in [0.2, 0.25) is 0 Å². The second kappa shape index (κ2) is 5.80. The van der Waals surface area contributed by atoms with E-state index < -0.39 is 0 Å². The maximum Gasteiger partial charge on any atom is 0.270 e. The van der Waals surface area contributed by atoms with Gasteiger partial charge in [0.2, 0.25) is 0 Å². The van der Waals surface area contributed by atoms with Crippen molar-refractivity contribution in [3.63, 3.8) is 0 Å². The highest BCUT2D eigenvalue weighted by atomic mass is 16.1. The molecule has 0 spiro atoms. The summed E-state index contributed by atoms with van der Waals surface area (Å²) in [6.45, 7) is 0.435. The standard InChI is InChI=1S/C15H16N6O/c1-20(2)14-9-12(19-13-5-8-18-21(13)14)15(22)17-10-11-3-6-16-7-4-11/h3-9H,10H2,1-2H3,(H,17,22). The summed E-state index contributed by atoms with van der Waals surface area (Å²) in [4.78, 5) is 22.5. The van der Waals surface area contributed by atoms with Gasteiger partial charge in [0, 0.05) is 45.2 Å². The summed E-state index contributed by atoms with van der Waals surface area (Å²) in [5.41, 5.74) is 1.99. The molecule has 0 unspecified atom stereocenters. The number of hydrogen-bond donors (Lipinski definition) is 1. The summed E-state index contributed by atoms with van der Waals surface area (Å²) in [5, 5.41) is 7.07. The summed E-state index contributed by atoms with van der Waals surface area (Å²) in [5.74, 6) is 0.577. The van der Waals surface area contributed by atoms with Crippen molar-refractivity contribution in [2.75, 3.05) is 19.0 Å². The summed E-state index contributed by atoms with van der Waals surface area (Å²) >= 11 is 0. The molecule has 3 heterocycles. The molecule has 0 aliphatic rings. The van der Waals surface area contributed by atoms with Crippen molar-refractivity contribution >= 4 is 17.4 Å². The first-order chi connectivity index (χ1) is 10.6. The van der Waals surface area contributed by atoms with Gasteiger partial charge in [0.15, 0.2) is 5.65 Å². The predicted molar refractivity (Wildman–Crippen MR) is 82.7 cm³/mol. The molecule has 3 rings (SSSR count). The molecule has 0 aliphatic heterocycles. The average molecular weight is 296 g/mol. The zero-order valence-corrected chi connectivity index (χ0v) is 12.4. The van der Waals surface area contributed by atoms with Crippen LogP contribution in [0.25, 0.3) is 5.65 Å². The van der Waals surface area contributed by atoms with Gasteiger partial charge in [-0.05, 0) is 17.7 Å². The van der Waals surface area contributed by atoms with Crippen LogP contribution in [0, 0.1) is 0 Å².